The molecule has 1 atom stereocenters. The number of piperidine rings is 1. The largest absolute Gasteiger partial charge is 0.497 e. The number of hydrogen-bond donors (Lipinski definition) is 0. The van der Waals surface area contributed by atoms with E-state index in [-0.39, 0.29) is 18.4 Å². The molecule has 154 valence electrons. The van der Waals surface area contributed by atoms with Crippen molar-refractivity contribution in [3.05, 3.63) is 29.8 Å². The molecule has 0 bridgehead atoms. The van der Waals surface area contributed by atoms with Gasteiger partial charge in [0.15, 0.2) is 0 Å². The van der Waals surface area contributed by atoms with Crippen molar-refractivity contribution in [3.63, 3.8) is 0 Å². The Morgan fingerprint density at radius 3 is 2.68 bits per heavy atom. The van der Waals surface area contributed by atoms with Crippen molar-refractivity contribution in [3.8, 4) is 5.75 Å². The van der Waals surface area contributed by atoms with Gasteiger partial charge in [-0.3, -0.25) is 9.59 Å². The lowest BCUT2D eigenvalue weighted by atomic mass is 9.97. The molecule has 1 aromatic carbocycles. The minimum atomic E-state index is 0.0607. The number of rotatable bonds is 8. The first-order chi connectivity index (χ1) is 13.5. The lowest BCUT2D eigenvalue weighted by molar-refractivity contribution is -0.138. The molecule has 0 N–H and O–H groups in total. The Bertz CT molecular complexity index is 661. The Morgan fingerprint density at radius 1 is 1.21 bits per heavy atom. The number of carbonyl (C=O) groups is 2. The highest BCUT2D eigenvalue weighted by molar-refractivity contribution is 5.85. The molecule has 2 fully saturated rings. The van der Waals surface area contributed by atoms with Crippen LogP contribution in [0.25, 0.3) is 0 Å². The molecule has 0 radical (unpaired) electrons. The SMILES string of the molecule is COc1ccc(CCN2CCCC(CN(C)C(=O)CN3CCCC3=O)C2)cc1. The molecule has 6 nitrogen and oxygen atoms in total. The van der Waals surface area contributed by atoms with E-state index in [0.717, 1.165) is 51.3 Å². The van der Waals surface area contributed by atoms with Gasteiger partial charge < -0.3 is 19.4 Å². The number of carbonyl (C=O) groups excluding carboxylic acids is 2. The fourth-order valence-electron chi connectivity index (χ4n) is 4.23. The molecule has 2 amide bonds. The summed E-state index contributed by atoms with van der Waals surface area (Å²) < 4.78 is 5.22. The second-order valence-electron chi connectivity index (χ2n) is 8.10. The zero-order valence-electron chi connectivity index (χ0n) is 17.2. The summed E-state index contributed by atoms with van der Waals surface area (Å²) in [6.45, 7) is 4.95. The van der Waals surface area contributed by atoms with Crippen molar-refractivity contribution in [1.29, 1.82) is 0 Å². The average Bonchev–Trinajstić information content (AvgIpc) is 3.11. The molecule has 1 unspecified atom stereocenters. The van der Waals surface area contributed by atoms with E-state index in [9.17, 15) is 9.59 Å². The standard InChI is InChI=1S/C22H33N3O3/c1-23(22(27)17-25-13-4-6-21(25)26)15-19-5-3-12-24(16-19)14-11-18-7-9-20(28-2)10-8-18/h7-10,19H,3-6,11-17H2,1-2H3. The zero-order chi connectivity index (χ0) is 19.9. The van der Waals surface area contributed by atoms with Crippen LogP contribution in [0.5, 0.6) is 5.75 Å². The van der Waals surface area contributed by atoms with Crippen molar-refractivity contribution >= 4 is 11.8 Å². The van der Waals surface area contributed by atoms with Crippen molar-refractivity contribution in [2.24, 2.45) is 5.92 Å². The third-order valence-corrected chi connectivity index (χ3v) is 5.93. The third-order valence-electron chi connectivity index (χ3n) is 5.93. The van der Waals surface area contributed by atoms with E-state index in [1.54, 1.807) is 12.0 Å². The van der Waals surface area contributed by atoms with Gasteiger partial charge in [-0.2, -0.15) is 0 Å². The zero-order valence-corrected chi connectivity index (χ0v) is 17.2. The maximum Gasteiger partial charge on any atom is 0.241 e. The monoisotopic (exact) mass is 387 g/mol. The smallest absolute Gasteiger partial charge is 0.241 e. The van der Waals surface area contributed by atoms with Crippen molar-refractivity contribution < 1.29 is 14.3 Å². The summed E-state index contributed by atoms with van der Waals surface area (Å²) in [5, 5.41) is 0. The molecule has 2 heterocycles. The van der Waals surface area contributed by atoms with E-state index in [2.05, 4.69) is 17.0 Å². The molecule has 2 aliphatic heterocycles. The van der Waals surface area contributed by atoms with Crippen LogP contribution in [0.4, 0.5) is 0 Å². The van der Waals surface area contributed by atoms with Gasteiger partial charge in [-0.15, -0.1) is 0 Å². The molecule has 0 spiro atoms. The number of methoxy groups -OCH3 is 1. The molecule has 0 aliphatic carbocycles. The van der Waals surface area contributed by atoms with Crippen molar-refractivity contribution in [2.75, 3.05) is 53.4 Å². The first-order valence-corrected chi connectivity index (χ1v) is 10.4. The number of likely N-dealkylation sites (tertiary alicyclic amines) is 2. The topological polar surface area (TPSA) is 53.1 Å². The fraction of sp³-hybridized carbons (Fsp3) is 0.636. The summed E-state index contributed by atoms with van der Waals surface area (Å²) in [6.07, 6.45) is 4.84. The summed E-state index contributed by atoms with van der Waals surface area (Å²) in [6, 6.07) is 8.29. The molecule has 2 saturated heterocycles. The molecule has 0 aromatic heterocycles. The van der Waals surface area contributed by atoms with Gasteiger partial charge in [-0.1, -0.05) is 12.1 Å². The van der Waals surface area contributed by atoms with Crippen LogP contribution in [0.15, 0.2) is 24.3 Å². The van der Waals surface area contributed by atoms with E-state index in [4.69, 9.17) is 4.74 Å². The van der Waals surface area contributed by atoms with Gasteiger partial charge in [0.1, 0.15) is 5.75 Å². The lowest BCUT2D eigenvalue weighted by Crippen LogP contribution is -2.44. The molecule has 0 saturated carbocycles. The van der Waals surface area contributed by atoms with Gasteiger partial charge in [-0.25, -0.2) is 0 Å². The number of likely N-dealkylation sites (N-methyl/N-ethyl adjacent to an activating group) is 1. The second kappa shape index (κ2) is 9.92. The molecule has 6 heteroatoms. The first kappa shape index (κ1) is 20.6. The van der Waals surface area contributed by atoms with Crippen molar-refractivity contribution in [1.82, 2.24) is 14.7 Å². The maximum absolute atomic E-state index is 12.5. The van der Waals surface area contributed by atoms with E-state index < -0.39 is 0 Å². The number of hydrogen-bond acceptors (Lipinski definition) is 4. The Kier molecular flexibility index (Phi) is 7.31. The fourth-order valence-corrected chi connectivity index (χ4v) is 4.23. The van der Waals surface area contributed by atoms with Crippen LogP contribution in [0.3, 0.4) is 0 Å². The molecule has 1 aromatic rings. The summed E-state index contributed by atoms with van der Waals surface area (Å²) in [7, 11) is 3.56. The van der Waals surface area contributed by atoms with Crippen LogP contribution in [0.2, 0.25) is 0 Å². The van der Waals surface area contributed by atoms with Crippen LogP contribution >= 0.6 is 0 Å². The molecule has 28 heavy (non-hydrogen) atoms. The molecule has 2 aliphatic rings. The van der Waals surface area contributed by atoms with Gasteiger partial charge in [0.25, 0.3) is 0 Å². The highest BCUT2D eigenvalue weighted by atomic mass is 16.5. The van der Waals surface area contributed by atoms with Gasteiger partial charge in [0.05, 0.1) is 13.7 Å². The van der Waals surface area contributed by atoms with Crippen LogP contribution < -0.4 is 4.74 Å². The Balaban J connectivity index is 1.42. The van der Waals surface area contributed by atoms with E-state index in [1.807, 2.05) is 24.1 Å². The highest BCUT2D eigenvalue weighted by Gasteiger charge is 2.26. The van der Waals surface area contributed by atoms with E-state index in [0.29, 0.717) is 12.3 Å². The third kappa shape index (κ3) is 5.71. The second-order valence-corrected chi connectivity index (χ2v) is 8.10. The van der Waals surface area contributed by atoms with Crippen LogP contribution in [-0.2, 0) is 16.0 Å². The van der Waals surface area contributed by atoms with Crippen LogP contribution in [-0.4, -0.2) is 79.9 Å². The summed E-state index contributed by atoms with van der Waals surface area (Å²) in [4.78, 5) is 30.2. The Morgan fingerprint density at radius 2 is 2.00 bits per heavy atom. The number of amides is 2. The van der Waals surface area contributed by atoms with Crippen molar-refractivity contribution in [2.45, 2.75) is 32.1 Å². The Hall–Kier alpha value is -2.08. The predicted octanol–water partition coefficient (Wildman–Crippen LogP) is 2.03. The van der Waals surface area contributed by atoms with Gasteiger partial charge in [0, 0.05) is 39.6 Å². The number of benzene rings is 1. The minimum Gasteiger partial charge on any atom is -0.497 e. The molecular weight excluding hydrogens is 354 g/mol. The summed E-state index contributed by atoms with van der Waals surface area (Å²) in [5.41, 5.74) is 1.32. The van der Waals surface area contributed by atoms with Gasteiger partial charge in [0.2, 0.25) is 11.8 Å². The summed E-state index contributed by atoms with van der Waals surface area (Å²) >= 11 is 0. The molecule has 3 rings (SSSR count). The maximum atomic E-state index is 12.5. The Labute approximate surface area is 168 Å². The lowest BCUT2D eigenvalue weighted by Gasteiger charge is -2.35. The minimum absolute atomic E-state index is 0.0607. The van der Waals surface area contributed by atoms with E-state index in [1.165, 1.54) is 18.4 Å². The predicted molar refractivity (Wildman–Crippen MR) is 109 cm³/mol. The highest BCUT2D eigenvalue weighted by Crippen LogP contribution is 2.19. The number of nitrogens with zero attached hydrogens (tertiary/aromatic N) is 3. The van der Waals surface area contributed by atoms with Crippen LogP contribution in [0.1, 0.15) is 31.2 Å². The van der Waals surface area contributed by atoms with E-state index >= 15 is 0 Å². The van der Waals surface area contributed by atoms with Gasteiger partial charge >= 0.3 is 0 Å². The normalized spacial score (nSPS) is 20.4. The average molecular weight is 388 g/mol. The van der Waals surface area contributed by atoms with Gasteiger partial charge in [-0.05, 0) is 55.8 Å². The quantitative estimate of drug-likeness (QED) is 0.685. The molecular formula is C22H33N3O3. The summed E-state index contributed by atoms with van der Waals surface area (Å²) in [5.74, 6) is 1.58. The number of ether oxygens (including phenoxy) is 1. The van der Waals surface area contributed by atoms with Crippen LogP contribution in [0, 0.1) is 5.92 Å². The first-order valence-electron chi connectivity index (χ1n) is 10.4.